The van der Waals surface area contributed by atoms with Crippen molar-refractivity contribution in [2.24, 2.45) is 7.05 Å². The Balaban J connectivity index is 1.62. The van der Waals surface area contributed by atoms with E-state index in [-0.39, 0.29) is 18.6 Å². The topological polar surface area (TPSA) is 82.2 Å². The van der Waals surface area contributed by atoms with Gasteiger partial charge in [0.05, 0.1) is 6.20 Å². The number of halogens is 1. The Morgan fingerprint density at radius 2 is 2.07 bits per heavy atom. The lowest BCUT2D eigenvalue weighted by Gasteiger charge is -2.39. The maximum atomic E-state index is 12.9. The predicted octanol–water partition coefficient (Wildman–Crippen LogP) is 2.00. The monoisotopic (exact) mass is 387 g/mol. The minimum absolute atomic E-state index is 0.165. The van der Waals surface area contributed by atoms with E-state index in [0.717, 1.165) is 10.1 Å². The number of carbonyl (C=O) groups excluding carboxylic acids is 1. The molecule has 1 saturated heterocycles. The van der Waals surface area contributed by atoms with E-state index in [1.165, 1.54) is 10.8 Å². The van der Waals surface area contributed by atoms with Crippen LogP contribution in [-0.4, -0.2) is 50.2 Å². The van der Waals surface area contributed by atoms with Gasteiger partial charge in [-0.1, -0.05) is 29.8 Å². The molecule has 8 nitrogen and oxygen atoms in total. The SMILES string of the molecule is COCc1ncc2c(n1)n(C)c(=O)n2C(=O)N1CC(c2ccccc2Cl)C1. The first-order chi connectivity index (χ1) is 13.0. The minimum atomic E-state index is -0.444. The second kappa shape index (κ2) is 6.79. The summed E-state index contributed by atoms with van der Waals surface area (Å²) in [6, 6.07) is 7.23. The number of ether oxygens (including phenoxy) is 1. The Labute approximate surface area is 160 Å². The molecule has 27 heavy (non-hydrogen) atoms. The Morgan fingerprint density at radius 1 is 1.33 bits per heavy atom. The molecule has 0 unspecified atom stereocenters. The van der Waals surface area contributed by atoms with E-state index in [0.29, 0.717) is 35.1 Å². The van der Waals surface area contributed by atoms with E-state index in [4.69, 9.17) is 16.3 Å². The number of rotatable bonds is 3. The predicted molar refractivity (Wildman–Crippen MR) is 100 cm³/mol. The highest BCUT2D eigenvalue weighted by atomic mass is 35.5. The van der Waals surface area contributed by atoms with E-state index in [1.54, 1.807) is 19.1 Å². The second-order valence-corrected chi connectivity index (χ2v) is 6.92. The fourth-order valence-corrected chi connectivity index (χ4v) is 3.60. The van der Waals surface area contributed by atoms with Gasteiger partial charge in [0.15, 0.2) is 11.5 Å². The highest BCUT2D eigenvalue weighted by molar-refractivity contribution is 6.31. The van der Waals surface area contributed by atoms with Crippen molar-refractivity contribution in [3.63, 3.8) is 0 Å². The molecule has 0 radical (unpaired) electrons. The molecule has 0 aliphatic carbocycles. The summed E-state index contributed by atoms with van der Waals surface area (Å²) in [7, 11) is 3.13. The number of carbonyl (C=O) groups is 1. The van der Waals surface area contributed by atoms with Crippen molar-refractivity contribution in [1.82, 2.24) is 24.0 Å². The van der Waals surface area contributed by atoms with Crippen LogP contribution in [0.3, 0.4) is 0 Å². The average Bonchev–Trinajstić information content (AvgIpc) is 2.86. The molecule has 0 bridgehead atoms. The second-order valence-electron chi connectivity index (χ2n) is 6.51. The Kier molecular flexibility index (Phi) is 4.45. The lowest BCUT2D eigenvalue weighted by molar-refractivity contribution is 0.152. The standard InChI is InChI=1S/C18H18ClN5O3/c1-22-16-14(7-20-15(21-16)10-27-2)24(17(22)25)18(26)23-8-11(9-23)12-5-3-4-6-13(12)19/h3-7,11H,8-10H2,1-2H3. The molecule has 0 saturated carbocycles. The molecule has 0 N–H and O–H groups in total. The molecule has 140 valence electrons. The molecule has 1 fully saturated rings. The van der Waals surface area contributed by atoms with Crippen LogP contribution in [0.4, 0.5) is 4.79 Å². The van der Waals surface area contributed by atoms with Gasteiger partial charge in [0.2, 0.25) is 0 Å². The molecule has 2 aromatic heterocycles. The van der Waals surface area contributed by atoms with Gasteiger partial charge in [-0.25, -0.2) is 24.1 Å². The number of likely N-dealkylation sites (tertiary alicyclic amines) is 1. The number of hydrogen-bond donors (Lipinski definition) is 0. The summed E-state index contributed by atoms with van der Waals surface area (Å²) >= 11 is 6.23. The number of imidazole rings is 1. The van der Waals surface area contributed by atoms with Crippen molar-refractivity contribution < 1.29 is 9.53 Å². The third kappa shape index (κ3) is 2.90. The van der Waals surface area contributed by atoms with Crippen LogP contribution in [0.5, 0.6) is 0 Å². The molecular weight excluding hydrogens is 370 g/mol. The molecule has 1 aliphatic heterocycles. The molecule has 0 spiro atoms. The Morgan fingerprint density at radius 3 is 2.78 bits per heavy atom. The van der Waals surface area contributed by atoms with Crippen LogP contribution in [0.1, 0.15) is 17.3 Å². The number of methoxy groups -OCH3 is 1. The number of nitrogens with zero attached hydrogens (tertiary/aromatic N) is 5. The summed E-state index contributed by atoms with van der Waals surface area (Å²) < 4.78 is 7.49. The molecule has 9 heteroatoms. The van der Waals surface area contributed by atoms with Gasteiger partial charge in [-0.15, -0.1) is 0 Å². The Hall–Kier alpha value is -2.71. The first kappa shape index (κ1) is 17.7. The summed E-state index contributed by atoms with van der Waals surface area (Å²) in [5.74, 6) is 0.616. The van der Waals surface area contributed by atoms with Gasteiger partial charge >= 0.3 is 11.7 Å². The number of amides is 1. The van der Waals surface area contributed by atoms with Gasteiger partial charge in [-0.2, -0.15) is 0 Å². The van der Waals surface area contributed by atoms with Crippen LogP contribution in [-0.2, 0) is 18.4 Å². The van der Waals surface area contributed by atoms with Crippen LogP contribution in [0, 0.1) is 0 Å². The highest BCUT2D eigenvalue weighted by Crippen LogP contribution is 2.32. The van der Waals surface area contributed by atoms with Gasteiger partial charge in [-0.05, 0) is 11.6 Å². The normalized spacial score (nSPS) is 14.6. The van der Waals surface area contributed by atoms with Crippen LogP contribution in [0.15, 0.2) is 35.3 Å². The van der Waals surface area contributed by atoms with Crippen LogP contribution in [0.2, 0.25) is 5.02 Å². The highest BCUT2D eigenvalue weighted by Gasteiger charge is 2.35. The number of fused-ring (bicyclic) bond motifs is 1. The average molecular weight is 388 g/mol. The quantitative estimate of drug-likeness (QED) is 0.686. The van der Waals surface area contributed by atoms with Gasteiger partial charge in [-0.3, -0.25) is 4.57 Å². The van der Waals surface area contributed by atoms with Crippen molar-refractivity contribution in [3.8, 4) is 0 Å². The first-order valence-electron chi connectivity index (χ1n) is 8.47. The fourth-order valence-electron chi connectivity index (χ4n) is 3.31. The van der Waals surface area contributed by atoms with Crippen LogP contribution < -0.4 is 5.69 Å². The largest absolute Gasteiger partial charge is 0.377 e. The Bertz CT molecular complexity index is 1080. The zero-order valence-electron chi connectivity index (χ0n) is 14.9. The van der Waals surface area contributed by atoms with Gasteiger partial charge in [0.1, 0.15) is 12.1 Å². The van der Waals surface area contributed by atoms with Crippen molar-refractivity contribution in [1.29, 1.82) is 0 Å². The van der Waals surface area contributed by atoms with Gasteiger partial charge in [0.25, 0.3) is 0 Å². The smallest absolute Gasteiger partial charge is 0.338 e. The number of hydrogen-bond acceptors (Lipinski definition) is 5. The van der Waals surface area contributed by atoms with Crippen LogP contribution in [0.25, 0.3) is 11.2 Å². The van der Waals surface area contributed by atoms with E-state index >= 15 is 0 Å². The first-order valence-corrected chi connectivity index (χ1v) is 8.85. The summed E-state index contributed by atoms with van der Waals surface area (Å²) in [5, 5.41) is 0.691. The summed E-state index contributed by atoms with van der Waals surface area (Å²) in [6.07, 6.45) is 1.49. The molecule has 1 aromatic carbocycles. The van der Waals surface area contributed by atoms with Crippen molar-refractivity contribution in [2.75, 3.05) is 20.2 Å². The van der Waals surface area contributed by atoms with Crippen LogP contribution >= 0.6 is 11.6 Å². The third-order valence-electron chi connectivity index (χ3n) is 4.80. The van der Waals surface area contributed by atoms with Crippen molar-refractivity contribution in [2.45, 2.75) is 12.5 Å². The summed E-state index contributed by atoms with van der Waals surface area (Å²) in [6.45, 7) is 1.25. The summed E-state index contributed by atoms with van der Waals surface area (Å²) in [5.41, 5.74) is 1.35. The molecule has 1 aliphatic rings. The molecule has 3 heterocycles. The van der Waals surface area contributed by atoms with E-state index in [1.807, 2.05) is 24.3 Å². The van der Waals surface area contributed by atoms with E-state index in [2.05, 4.69) is 9.97 Å². The van der Waals surface area contributed by atoms with Crippen molar-refractivity contribution >= 4 is 28.8 Å². The molecule has 1 amide bonds. The number of aromatic nitrogens is 4. The minimum Gasteiger partial charge on any atom is -0.377 e. The molecule has 4 rings (SSSR count). The molecular formula is C18H18ClN5O3. The molecule has 3 aromatic rings. The maximum absolute atomic E-state index is 12.9. The summed E-state index contributed by atoms with van der Waals surface area (Å²) in [4.78, 5) is 35.6. The van der Waals surface area contributed by atoms with E-state index < -0.39 is 5.69 Å². The number of benzene rings is 1. The van der Waals surface area contributed by atoms with Gasteiger partial charge < -0.3 is 9.64 Å². The molecule has 0 atom stereocenters. The number of aryl methyl sites for hydroxylation is 1. The van der Waals surface area contributed by atoms with E-state index in [9.17, 15) is 9.59 Å². The zero-order valence-corrected chi connectivity index (χ0v) is 15.7. The van der Waals surface area contributed by atoms with Gasteiger partial charge in [0, 0.05) is 38.2 Å². The van der Waals surface area contributed by atoms with Crippen molar-refractivity contribution in [3.05, 3.63) is 57.4 Å². The maximum Gasteiger partial charge on any atom is 0.338 e. The third-order valence-corrected chi connectivity index (χ3v) is 5.14. The fraction of sp³-hybridized carbons (Fsp3) is 0.333. The lowest BCUT2D eigenvalue weighted by Crippen LogP contribution is -2.52. The zero-order chi connectivity index (χ0) is 19.1. The lowest BCUT2D eigenvalue weighted by atomic mass is 9.92.